The van der Waals surface area contributed by atoms with Gasteiger partial charge >= 0.3 is 16.4 Å². The molecule has 6 atom stereocenters. The van der Waals surface area contributed by atoms with Gasteiger partial charge in [0, 0.05) is 13.0 Å². The van der Waals surface area contributed by atoms with Crippen LogP contribution in [-0.2, 0) is 38.3 Å². The third-order valence-electron chi connectivity index (χ3n) is 10.1. The maximum absolute atomic E-state index is 12.8. The highest BCUT2D eigenvalue weighted by Gasteiger charge is 2.48. The van der Waals surface area contributed by atoms with Crippen LogP contribution in [0.1, 0.15) is 181 Å². The van der Waals surface area contributed by atoms with Gasteiger partial charge < -0.3 is 34.3 Å². The van der Waals surface area contributed by atoms with Crippen LogP contribution in [0.25, 0.3) is 0 Å². The summed E-state index contributed by atoms with van der Waals surface area (Å²) in [5, 5.41) is 30.6. The summed E-state index contributed by atoms with van der Waals surface area (Å²) in [4.78, 5) is 12.8. The lowest BCUT2D eigenvalue weighted by molar-refractivity contribution is -0.301. The number of rotatable bonds is 38. The molecule has 0 bridgehead atoms. The Morgan fingerprint density at radius 1 is 0.679 bits per heavy atom. The molecule has 0 aromatic rings. The third-order valence-corrected chi connectivity index (χ3v) is 10.5. The van der Waals surface area contributed by atoms with Crippen molar-refractivity contribution in [2.75, 3.05) is 26.4 Å². The summed E-state index contributed by atoms with van der Waals surface area (Å²) in [6.07, 6.45) is 29.2. The zero-order chi connectivity index (χ0) is 41.1. The first-order chi connectivity index (χ1) is 27.1. The van der Waals surface area contributed by atoms with Crippen molar-refractivity contribution < 1.29 is 56.2 Å². The number of aliphatic hydroxyl groups excluding tert-OH is 3. The van der Waals surface area contributed by atoms with Crippen molar-refractivity contribution in [1.82, 2.24) is 0 Å². The fourth-order valence-electron chi connectivity index (χ4n) is 6.69. The number of unbranched alkanes of at least 4 members (excludes halogenated alkanes) is 21. The summed E-state index contributed by atoms with van der Waals surface area (Å²) < 4.78 is 59.0. The van der Waals surface area contributed by atoms with E-state index in [1.54, 1.807) is 0 Å². The lowest BCUT2D eigenvalue weighted by Crippen LogP contribution is -2.60. The zero-order valence-electron chi connectivity index (χ0n) is 34.9. The van der Waals surface area contributed by atoms with Crippen LogP contribution in [0.4, 0.5) is 0 Å². The number of carbonyl (C=O) groups excluding carboxylic acids is 1. The first kappa shape index (κ1) is 52.6. The van der Waals surface area contributed by atoms with Gasteiger partial charge in [0.15, 0.2) is 6.29 Å². The van der Waals surface area contributed by atoms with Crippen LogP contribution in [-0.4, -0.2) is 97.5 Å². The van der Waals surface area contributed by atoms with Crippen molar-refractivity contribution in [3.63, 3.8) is 0 Å². The van der Waals surface area contributed by atoms with Crippen molar-refractivity contribution in [3.05, 3.63) is 24.3 Å². The molecule has 1 aliphatic heterocycles. The lowest BCUT2D eigenvalue weighted by Gasteiger charge is -2.41. The summed E-state index contributed by atoms with van der Waals surface area (Å²) in [7, 11) is -5.06. The lowest BCUT2D eigenvalue weighted by atomic mass is 9.99. The molecule has 13 heteroatoms. The number of carbonyl (C=O) groups is 1. The van der Waals surface area contributed by atoms with E-state index in [0.29, 0.717) is 13.0 Å². The van der Waals surface area contributed by atoms with Crippen LogP contribution in [0.5, 0.6) is 0 Å². The second kappa shape index (κ2) is 35.5. The second-order valence-corrected chi connectivity index (χ2v) is 16.3. The van der Waals surface area contributed by atoms with Gasteiger partial charge in [0.2, 0.25) is 0 Å². The maximum atomic E-state index is 12.8. The molecule has 0 amide bonds. The van der Waals surface area contributed by atoms with E-state index in [4.69, 9.17) is 23.5 Å². The molecule has 0 spiro atoms. The van der Waals surface area contributed by atoms with Gasteiger partial charge in [-0.2, -0.15) is 8.42 Å². The summed E-state index contributed by atoms with van der Waals surface area (Å²) in [5.74, 6) is -0.402. The van der Waals surface area contributed by atoms with Crippen LogP contribution in [0.2, 0.25) is 0 Å². The van der Waals surface area contributed by atoms with Crippen LogP contribution in [0.15, 0.2) is 24.3 Å². The largest absolute Gasteiger partial charge is 0.457 e. The highest BCUT2D eigenvalue weighted by molar-refractivity contribution is 7.80. The first-order valence-corrected chi connectivity index (χ1v) is 23.5. The summed E-state index contributed by atoms with van der Waals surface area (Å²) in [5.41, 5.74) is 0. The maximum Gasteiger partial charge on any atom is 0.397 e. The standard InChI is InChI=1S/C43H80O12S/c1-3-5-7-9-11-13-15-17-19-21-23-25-27-29-31-33-51-35-37(36-52-43-41(47)42(55-56(48,49)50)40(46)38(34-44)54-43)53-39(45)32-30-28-26-24-22-20-18-16-14-12-10-8-6-4-2/h9,11,15,17,37-38,40-44,46-47H,3-8,10,12-14,16,18-36H2,1-2H3,(H,48,49,50)/b11-9-,17-15-. The highest BCUT2D eigenvalue weighted by Crippen LogP contribution is 2.26. The van der Waals surface area contributed by atoms with Gasteiger partial charge in [-0.05, 0) is 38.5 Å². The molecule has 0 radical (unpaired) electrons. The molecule has 6 unspecified atom stereocenters. The number of hydrogen-bond donors (Lipinski definition) is 4. The van der Waals surface area contributed by atoms with Gasteiger partial charge in [-0.25, -0.2) is 4.18 Å². The second-order valence-electron chi connectivity index (χ2n) is 15.3. The third kappa shape index (κ3) is 28.9. The Bertz CT molecular complexity index is 1080. The molecular formula is C43H80O12S. The van der Waals surface area contributed by atoms with E-state index in [-0.39, 0.29) is 19.6 Å². The Hall–Kier alpha value is -1.42. The van der Waals surface area contributed by atoms with Gasteiger partial charge in [0.1, 0.15) is 30.5 Å². The Balaban J connectivity index is 2.45. The monoisotopic (exact) mass is 821 g/mol. The van der Waals surface area contributed by atoms with E-state index >= 15 is 0 Å². The Kier molecular flexibility index (Phi) is 33.4. The van der Waals surface area contributed by atoms with Gasteiger partial charge in [0.05, 0.1) is 19.8 Å². The quantitative estimate of drug-likeness (QED) is 0.0202. The van der Waals surface area contributed by atoms with Gasteiger partial charge in [-0.15, -0.1) is 0 Å². The molecule has 1 heterocycles. The van der Waals surface area contributed by atoms with E-state index in [1.165, 1.54) is 89.9 Å². The normalized spacial score (nSPS) is 21.0. The van der Waals surface area contributed by atoms with E-state index < -0.39 is 59.8 Å². The Labute approximate surface area is 340 Å². The first-order valence-electron chi connectivity index (χ1n) is 22.1. The number of hydrogen-bond acceptors (Lipinski definition) is 11. The van der Waals surface area contributed by atoms with Crippen LogP contribution < -0.4 is 0 Å². The van der Waals surface area contributed by atoms with E-state index in [0.717, 1.165) is 64.2 Å². The average molecular weight is 821 g/mol. The molecule has 330 valence electrons. The number of aliphatic hydroxyl groups is 3. The van der Waals surface area contributed by atoms with Gasteiger partial charge in [-0.3, -0.25) is 9.35 Å². The number of ether oxygens (including phenoxy) is 4. The minimum Gasteiger partial charge on any atom is -0.457 e. The summed E-state index contributed by atoms with van der Waals surface area (Å²) in [6.45, 7) is 3.93. The Morgan fingerprint density at radius 3 is 1.75 bits per heavy atom. The number of esters is 1. The minimum atomic E-state index is -5.06. The average Bonchev–Trinajstić information content (AvgIpc) is 3.17. The van der Waals surface area contributed by atoms with Gasteiger partial charge in [-0.1, -0.05) is 160 Å². The van der Waals surface area contributed by atoms with Crippen molar-refractivity contribution in [1.29, 1.82) is 0 Å². The fraction of sp³-hybridized carbons (Fsp3) is 0.884. The molecule has 0 aromatic carbocycles. The van der Waals surface area contributed by atoms with E-state index in [1.807, 2.05) is 0 Å². The van der Waals surface area contributed by atoms with E-state index in [9.17, 15) is 28.5 Å². The van der Waals surface area contributed by atoms with Crippen molar-refractivity contribution in [2.45, 2.75) is 218 Å². The van der Waals surface area contributed by atoms with Crippen LogP contribution in [0.3, 0.4) is 0 Å². The molecule has 1 fully saturated rings. The van der Waals surface area contributed by atoms with E-state index in [2.05, 4.69) is 42.3 Å². The van der Waals surface area contributed by atoms with Crippen molar-refractivity contribution >= 4 is 16.4 Å². The molecule has 4 N–H and O–H groups in total. The zero-order valence-corrected chi connectivity index (χ0v) is 35.8. The molecule has 0 aromatic heterocycles. The minimum absolute atomic E-state index is 0.0322. The molecule has 12 nitrogen and oxygen atoms in total. The fourth-order valence-corrected chi connectivity index (χ4v) is 7.20. The molecule has 56 heavy (non-hydrogen) atoms. The summed E-state index contributed by atoms with van der Waals surface area (Å²) >= 11 is 0. The molecular weight excluding hydrogens is 741 g/mol. The topological polar surface area (TPSA) is 178 Å². The highest BCUT2D eigenvalue weighted by atomic mass is 32.3. The predicted molar refractivity (Wildman–Crippen MR) is 221 cm³/mol. The molecule has 0 saturated carbocycles. The Morgan fingerprint density at radius 2 is 1.20 bits per heavy atom. The molecule has 1 aliphatic rings. The van der Waals surface area contributed by atoms with Crippen molar-refractivity contribution in [2.24, 2.45) is 0 Å². The number of allylic oxidation sites excluding steroid dienone is 4. The van der Waals surface area contributed by atoms with Crippen LogP contribution in [0, 0.1) is 0 Å². The van der Waals surface area contributed by atoms with Crippen LogP contribution >= 0.6 is 0 Å². The SMILES string of the molecule is CCCC/C=C\C/C=C\CCCCCCCCOCC(COC1OC(CO)C(O)C(OS(=O)(=O)O)C1O)OC(=O)CCCCCCCCCCCCCCCC. The smallest absolute Gasteiger partial charge is 0.397 e. The summed E-state index contributed by atoms with van der Waals surface area (Å²) in [6, 6.07) is 0. The molecule has 0 aliphatic carbocycles. The predicted octanol–water partition coefficient (Wildman–Crippen LogP) is 8.85. The molecule has 1 saturated heterocycles. The van der Waals surface area contributed by atoms with Gasteiger partial charge in [0.25, 0.3) is 0 Å². The van der Waals surface area contributed by atoms with Crippen molar-refractivity contribution in [3.8, 4) is 0 Å². The molecule has 1 rings (SSSR count).